The van der Waals surface area contributed by atoms with E-state index >= 15 is 0 Å². The van der Waals surface area contributed by atoms with Crippen LogP contribution < -0.4 is 5.32 Å². The minimum absolute atomic E-state index is 0.106. The fraction of sp³-hybridized carbons (Fsp3) is 0.444. The molecule has 0 bridgehead atoms. The topological polar surface area (TPSA) is 86.8 Å². The van der Waals surface area contributed by atoms with Crippen molar-refractivity contribution in [2.75, 3.05) is 11.9 Å². The number of urea groups is 1. The number of carbonyl (C=O) groups is 4. The predicted molar refractivity (Wildman–Crippen MR) is 95.4 cm³/mol. The minimum atomic E-state index is -1.01. The standard InChI is InChI=1S/C18H19ClFN3O4/c1-10-4-2-3-5-14(10)23-17(26)16(25)22(18(23)27)9-15(24)21-11-6-7-13(20)12(19)8-11/h6-8,10,14H,2-5,9H2,1H3,(H,21,24)/t10-,14-/m0/s1. The summed E-state index contributed by atoms with van der Waals surface area (Å²) in [5, 5.41) is 2.26. The first-order valence-corrected chi connectivity index (χ1v) is 9.11. The SMILES string of the molecule is C[C@H]1CCCC[C@@H]1N1C(=O)C(=O)N(CC(=O)Nc2ccc(F)c(Cl)c2)C1=O. The van der Waals surface area contributed by atoms with Crippen LogP contribution in [0.5, 0.6) is 0 Å². The third-order valence-corrected chi connectivity index (χ3v) is 5.28. The predicted octanol–water partition coefficient (Wildman–Crippen LogP) is 2.79. The lowest BCUT2D eigenvalue weighted by molar-refractivity contribution is -0.145. The zero-order valence-electron chi connectivity index (χ0n) is 14.7. The normalized spacial score (nSPS) is 23.1. The second-order valence-electron chi connectivity index (χ2n) is 6.86. The molecule has 27 heavy (non-hydrogen) atoms. The first-order chi connectivity index (χ1) is 12.8. The number of halogens is 2. The molecular formula is C18H19ClFN3O4. The molecule has 0 aromatic heterocycles. The molecule has 1 aliphatic carbocycles. The van der Waals surface area contributed by atoms with Gasteiger partial charge in [-0.3, -0.25) is 19.3 Å². The molecule has 3 rings (SSSR count). The third kappa shape index (κ3) is 3.80. The zero-order valence-corrected chi connectivity index (χ0v) is 15.5. The number of imide groups is 2. The highest BCUT2D eigenvalue weighted by molar-refractivity contribution is 6.45. The number of carbonyl (C=O) groups excluding carboxylic acids is 4. The molecule has 0 unspecified atom stereocenters. The smallest absolute Gasteiger partial charge is 0.324 e. The number of rotatable bonds is 4. The average Bonchev–Trinajstić information content (AvgIpc) is 2.82. The van der Waals surface area contributed by atoms with Crippen LogP contribution >= 0.6 is 11.6 Å². The molecule has 1 aromatic carbocycles. The summed E-state index contributed by atoms with van der Waals surface area (Å²) in [5.41, 5.74) is 0.217. The molecule has 1 aliphatic heterocycles. The van der Waals surface area contributed by atoms with E-state index in [1.165, 1.54) is 12.1 Å². The van der Waals surface area contributed by atoms with E-state index in [2.05, 4.69) is 5.32 Å². The minimum Gasteiger partial charge on any atom is -0.324 e. The van der Waals surface area contributed by atoms with Gasteiger partial charge in [-0.1, -0.05) is 31.4 Å². The second kappa shape index (κ2) is 7.64. The Balaban J connectivity index is 1.70. The van der Waals surface area contributed by atoms with Gasteiger partial charge >= 0.3 is 17.8 Å². The molecule has 7 nitrogen and oxygen atoms in total. The van der Waals surface area contributed by atoms with Gasteiger partial charge in [-0.15, -0.1) is 0 Å². The summed E-state index contributed by atoms with van der Waals surface area (Å²) < 4.78 is 13.2. The van der Waals surface area contributed by atoms with Crippen molar-refractivity contribution in [3.05, 3.63) is 29.0 Å². The average molecular weight is 396 g/mol. The molecule has 2 atom stereocenters. The molecular weight excluding hydrogens is 377 g/mol. The molecule has 2 aliphatic rings. The van der Waals surface area contributed by atoms with E-state index in [1.807, 2.05) is 6.92 Å². The van der Waals surface area contributed by atoms with Gasteiger partial charge in [0.05, 0.1) is 5.02 Å². The van der Waals surface area contributed by atoms with Crippen molar-refractivity contribution in [3.8, 4) is 0 Å². The van der Waals surface area contributed by atoms with Crippen molar-refractivity contribution < 1.29 is 23.6 Å². The maximum absolute atomic E-state index is 13.2. The second-order valence-corrected chi connectivity index (χ2v) is 7.26. The maximum atomic E-state index is 13.2. The fourth-order valence-electron chi connectivity index (χ4n) is 3.55. The quantitative estimate of drug-likeness (QED) is 0.627. The van der Waals surface area contributed by atoms with Crippen LogP contribution in [0.4, 0.5) is 14.9 Å². The Morgan fingerprint density at radius 1 is 1.22 bits per heavy atom. The van der Waals surface area contributed by atoms with E-state index in [-0.39, 0.29) is 22.7 Å². The number of nitrogens with one attached hydrogen (secondary N) is 1. The Labute approximate surface area is 160 Å². The van der Waals surface area contributed by atoms with Crippen LogP contribution in [0.15, 0.2) is 18.2 Å². The molecule has 144 valence electrons. The third-order valence-electron chi connectivity index (χ3n) is 4.99. The van der Waals surface area contributed by atoms with Crippen molar-refractivity contribution in [2.45, 2.75) is 38.6 Å². The summed E-state index contributed by atoms with van der Waals surface area (Å²) in [6.07, 6.45) is 3.43. The van der Waals surface area contributed by atoms with Crippen molar-refractivity contribution in [2.24, 2.45) is 5.92 Å². The summed E-state index contributed by atoms with van der Waals surface area (Å²) in [5.74, 6) is -3.12. The van der Waals surface area contributed by atoms with E-state index in [0.717, 1.165) is 30.2 Å². The fourth-order valence-corrected chi connectivity index (χ4v) is 3.73. The highest BCUT2D eigenvalue weighted by atomic mass is 35.5. The number of anilines is 1. The Morgan fingerprint density at radius 3 is 2.59 bits per heavy atom. The number of hydrogen-bond donors (Lipinski definition) is 1. The Hall–Kier alpha value is -2.48. The van der Waals surface area contributed by atoms with Crippen LogP contribution in [-0.2, 0) is 14.4 Å². The van der Waals surface area contributed by atoms with Gasteiger partial charge < -0.3 is 5.32 Å². The van der Waals surface area contributed by atoms with E-state index < -0.39 is 36.1 Å². The largest absolute Gasteiger partial charge is 0.334 e. The lowest BCUT2D eigenvalue weighted by atomic mass is 9.85. The van der Waals surface area contributed by atoms with E-state index in [0.29, 0.717) is 11.3 Å². The van der Waals surface area contributed by atoms with Gasteiger partial charge in [0.1, 0.15) is 12.4 Å². The van der Waals surface area contributed by atoms with E-state index in [4.69, 9.17) is 11.6 Å². The van der Waals surface area contributed by atoms with Gasteiger partial charge in [-0.05, 0) is 37.0 Å². The van der Waals surface area contributed by atoms with Gasteiger partial charge in [-0.25, -0.2) is 14.1 Å². The summed E-state index contributed by atoms with van der Waals surface area (Å²) in [6, 6.07) is 2.50. The Morgan fingerprint density at radius 2 is 1.93 bits per heavy atom. The maximum Gasteiger partial charge on any atom is 0.334 e. The van der Waals surface area contributed by atoms with Crippen molar-refractivity contribution in [3.63, 3.8) is 0 Å². The van der Waals surface area contributed by atoms with Gasteiger partial charge in [0.2, 0.25) is 5.91 Å². The highest BCUT2D eigenvalue weighted by Gasteiger charge is 2.49. The van der Waals surface area contributed by atoms with Gasteiger partial charge in [-0.2, -0.15) is 0 Å². The summed E-state index contributed by atoms with van der Waals surface area (Å²) in [6.45, 7) is 1.35. The van der Waals surface area contributed by atoms with Gasteiger partial charge in [0.15, 0.2) is 0 Å². The first-order valence-electron chi connectivity index (χ1n) is 8.73. The summed E-state index contributed by atoms with van der Waals surface area (Å²) in [7, 11) is 0. The van der Waals surface area contributed by atoms with Crippen LogP contribution in [0.25, 0.3) is 0 Å². The molecule has 0 spiro atoms. The van der Waals surface area contributed by atoms with Gasteiger partial charge in [0.25, 0.3) is 0 Å². The van der Waals surface area contributed by atoms with Crippen molar-refractivity contribution in [1.82, 2.24) is 9.80 Å². The number of benzene rings is 1. The molecule has 9 heteroatoms. The zero-order chi connectivity index (χ0) is 19.7. The molecule has 1 saturated heterocycles. The summed E-state index contributed by atoms with van der Waals surface area (Å²) in [4.78, 5) is 51.0. The number of nitrogens with zero attached hydrogens (tertiary/aromatic N) is 2. The first kappa shape index (κ1) is 19.3. The van der Waals surface area contributed by atoms with Crippen LogP contribution in [-0.4, -0.2) is 46.1 Å². The van der Waals surface area contributed by atoms with E-state index in [9.17, 15) is 23.6 Å². The molecule has 1 aromatic rings. The molecule has 2 fully saturated rings. The molecule has 1 saturated carbocycles. The van der Waals surface area contributed by atoms with Crippen LogP contribution in [0, 0.1) is 11.7 Å². The van der Waals surface area contributed by atoms with Crippen molar-refractivity contribution >= 4 is 41.0 Å². The molecule has 1 heterocycles. The highest BCUT2D eigenvalue weighted by Crippen LogP contribution is 2.31. The van der Waals surface area contributed by atoms with Crippen LogP contribution in [0.1, 0.15) is 32.6 Å². The van der Waals surface area contributed by atoms with Crippen LogP contribution in [0.2, 0.25) is 5.02 Å². The number of amides is 5. The molecule has 1 N–H and O–H groups in total. The summed E-state index contributed by atoms with van der Waals surface area (Å²) >= 11 is 5.66. The number of hydrogen-bond acceptors (Lipinski definition) is 4. The lowest BCUT2D eigenvalue weighted by Crippen LogP contribution is -2.46. The van der Waals surface area contributed by atoms with E-state index in [1.54, 1.807) is 0 Å². The monoisotopic (exact) mass is 395 g/mol. The molecule has 0 radical (unpaired) electrons. The molecule has 5 amide bonds. The van der Waals surface area contributed by atoms with Crippen LogP contribution in [0.3, 0.4) is 0 Å². The Kier molecular flexibility index (Phi) is 5.46. The van der Waals surface area contributed by atoms with Gasteiger partial charge in [0, 0.05) is 11.7 Å². The lowest BCUT2D eigenvalue weighted by Gasteiger charge is -2.34. The van der Waals surface area contributed by atoms with Crippen molar-refractivity contribution in [1.29, 1.82) is 0 Å². The Bertz CT molecular complexity index is 816.